The maximum absolute atomic E-state index is 11.9. The van der Waals surface area contributed by atoms with Crippen molar-refractivity contribution >= 4 is 17.5 Å². The monoisotopic (exact) mass is 313 g/mol. The number of methoxy groups -OCH3 is 1. The van der Waals surface area contributed by atoms with Gasteiger partial charge in [-0.05, 0) is 31.0 Å². The van der Waals surface area contributed by atoms with E-state index in [1.807, 2.05) is 32.0 Å². The van der Waals surface area contributed by atoms with Gasteiger partial charge in [0.1, 0.15) is 0 Å². The maximum Gasteiger partial charge on any atom is 0.313 e. The van der Waals surface area contributed by atoms with Gasteiger partial charge < -0.3 is 15.4 Å². The molecule has 0 aliphatic carbocycles. The Morgan fingerprint density at radius 3 is 2.52 bits per heavy atom. The molecular weight excluding hydrogens is 294 g/mol. The van der Waals surface area contributed by atoms with Gasteiger partial charge in [-0.25, -0.2) is 4.98 Å². The van der Waals surface area contributed by atoms with Gasteiger partial charge in [-0.15, -0.1) is 0 Å². The second-order valence-corrected chi connectivity index (χ2v) is 5.16. The fourth-order valence-electron chi connectivity index (χ4n) is 2.06. The van der Waals surface area contributed by atoms with E-state index in [1.54, 1.807) is 12.1 Å². The summed E-state index contributed by atoms with van der Waals surface area (Å²) >= 11 is 0. The van der Waals surface area contributed by atoms with Crippen molar-refractivity contribution in [3.05, 3.63) is 53.2 Å². The Bertz CT molecular complexity index is 712. The standard InChI is InChI=1S/C17H19N3O3/c1-11-4-5-13(12(2)8-11)9-19-16(21)17(22)20-14-6-7-15(23-3)18-10-14/h4-8,10H,9H2,1-3H3,(H,19,21)(H,20,22). The van der Waals surface area contributed by atoms with E-state index in [2.05, 4.69) is 15.6 Å². The van der Waals surface area contributed by atoms with Gasteiger partial charge in [-0.3, -0.25) is 9.59 Å². The lowest BCUT2D eigenvalue weighted by Gasteiger charge is -2.09. The Morgan fingerprint density at radius 1 is 1.13 bits per heavy atom. The van der Waals surface area contributed by atoms with E-state index >= 15 is 0 Å². The Hall–Kier alpha value is -2.89. The quantitative estimate of drug-likeness (QED) is 0.846. The molecular formula is C17H19N3O3. The fourth-order valence-corrected chi connectivity index (χ4v) is 2.06. The Labute approximate surface area is 134 Å². The number of nitrogens with zero attached hydrogens (tertiary/aromatic N) is 1. The summed E-state index contributed by atoms with van der Waals surface area (Å²) in [6.07, 6.45) is 1.42. The zero-order chi connectivity index (χ0) is 16.8. The first kappa shape index (κ1) is 16.5. The lowest BCUT2D eigenvalue weighted by atomic mass is 10.1. The van der Waals surface area contributed by atoms with Crippen LogP contribution in [0.15, 0.2) is 36.5 Å². The smallest absolute Gasteiger partial charge is 0.313 e. The summed E-state index contributed by atoms with van der Waals surface area (Å²) in [5.41, 5.74) is 3.63. The van der Waals surface area contributed by atoms with Gasteiger partial charge in [0.05, 0.1) is 19.0 Å². The normalized spacial score (nSPS) is 10.0. The number of amides is 2. The first-order chi connectivity index (χ1) is 11.0. The molecule has 0 unspecified atom stereocenters. The van der Waals surface area contributed by atoms with E-state index < -0.39 is 11.8 Å². The van der Waals surface area contributed by atoms with Crippen molar-refractivity contribution in [1.29, 1.82) is 0 Å². The van der Waals surface area contributed by atoms with Crippen LogP contribution in [-0.4, -0.2) is 23.9 Å². The molecule has 2 N–H and O–H groups in total. The topological polar surface area (TPSA) is 80.3 Å². The molecule has 0 saturated carbocycles. The van der Waals surface area contributed by atoms with Crippen LogP contribution in [0.4, 0.5) is 5.69 Å². The third-order valence-electron chi connectivity index (χ3n) is 3.35. The van der Waals surface area contributed by atoms with Crippen molar-refractivity contribution in [2.45, 2.75) is 20.4 Å². The third-order valence-corrected chi connectivity index (χ3v) is 3.35. The summed E-state index contributed by atoms with van der Waals surface area (Å²) in [5, 5.41) is 5.09. The summed E-state index contributed by atoms with van der Waals surface area (Å²) in [5.74, 6) is -0.996. The highest BCUT2D eigenvalue weighted by molar-refractivity contribution is 6.39. The van der Waals surface area contributed by atoms with Gasteiger partial charge in [-0.1, -0.05) is 23.8 Å². The average Bonchev–Trinajstić information content (AvgIpc) is 2.54. The lowest BCUT2D eigenvalue weighted by molar-refractivity contribution is -0.136. The summed E-state index contributed by atoms with van der Waals surface area (Å²) in [7, 11) is 1.50. The van der Waals surface area contributed by atoms with E-state index in [1.165, 1.54) is 13.3 Å². The van der Waals surface area contributed by atoms with Crippen molar-refractivity contribution in [1.82, 2.24) is 10.3 Å². The molecule has 0 fully saturated rings. The number of hydrogen-bond acceptors (Lipinski definition) is 4. The lowest BCUT2D eigenvalue weighted by Crippen LogP contribution is -2.35. The molecule has 2 amide bonds. The Balaban J connectivity index is 1.90. The first-order valence-electron chi connectivity index (χ1n) is 7.15. The third kappa shape index (κ3) is 4.54. The van der Waals surface area contributed by atoms with E-state index in [0.29, 0.717) is 18.1 Å². The van der Waals surface area contributed by atoms with Gasteiger partial charge >= 0.3 is 11.8 Å². The molecule has 1 aromatic heterocycles. The average molecular weight is 313 g/mol. The van der Waals surface area contributed by atoms with Crippen LogP contribution in [0.2, 0.25) is 0 Å². The fraction of sp³-hybridized carbons (Fsp3) is 0.235. The highest BCUT2D eigenvalue weighted by atomic mass is 16.5. The van der Waals surface area contributed by atoms with Crippen LogP contribution >= 0.6 is 0 Å². The van der Waals surface area contributed by atoms with Gasteiger partial charge in [0.25, 0.3) is 0 Å². The van der Waals surface area contributed by atoms with Gasteiger partial charge in [0.2, 0.25) is 5.88 Å². The van der Waals surface area contributed by atoms with Gasteiger partial charge in [-0.2, -0.15) is 0 Å². The first-order valence-corrected chi connectivity index (χ1v) is 7.15. The number of hydrogen-bond donors (Lipinski definition) is 2. The number of aromatic nitrogens is 1. The number of aryl methyl sites for hydroxylation is 2. The minimum absolute atomic E-state index is 0.305. The highest BCUT2D eigenvalue weighted by Crippen LogP contribution is 2.11. The van der Waals surface area contributed by atoms with E-state index in [0.717, 1.165) is 16.7 Å². The number of carbonyl (C=O) groups is 2. The minimum Gasteiger partial charge on any atom is -0.481 e. The van der Waals surface area contributed by atoms with E-state index in [9.17, 15) is 9.59 Å². The number of carbonyl (C=O) groups excluding carboxylic acids is 2. The summed E-state index contributed by atoms with van der Waals surface area (Å²) in [6.45, 7) is 4.28. The molecule has 0 aliphatic heterocycles. The molecule has 2 rings (SSSR count). The van der Waals surface area contributed by atoms with Crippen LogP contribution in [0.3, 0.4) is 0 Å². The number of benzene rings is 1. The molecule has 0 saturated heterocycles. The predicted molar refractivity (Wildman–Crippen MR) is 87.2 cm³/mol. The molecule has 0 atom stereocenters. The zero-order valence-electron chi connectivity index (χ0n) is 13.3. The van der Waals surface area contributed by atoms with Crippen molar-refractivity contribution in [3.63, 3.8) is 0 Å². The Kier molecular flexibility index (Phi) is 5.30. The summed E-state index contributed by atoms with van der Waals surface area (Å²) in [4.78, 5) is 27.7. The van der Waals surface area contributed by atoms with Crippen LogP contribution in [-0.2, 0) is 16.1 Å². The van der Waals surface area contributed by atoms with Gasteiger partial charge in [0, 0.05) is 12.6 Å². The molecule has 2 aromatic rings. The SMILES string of the molecule is COc1ccc(NC(=O)C(=O)NCc2ccc(C)cc2C)cn1. The number of pyridine rings is 1. The van der Waals surface area contributed by atoms with Crippen molar-refractivity contribution in [2.24, 2.45) is 0 Å². The number of rotatable bonds is 4. The molecule has 23 heavy (non-hydrogen) atoms. The van der Waals surface area contributed by atoms with Crippen LogP contribution < -0.4 is 15.4 Å². The largest absolute Gasteiger partial charge is 0.481 e. The maximum atomic E-state index is 11.9. The van der Waals surface area contributed by atoms with Crippen LogP contribution in [0.5, 0.6) is 5.88 Å². The zero-order valence-corrected chi connectivity index (χ0v) is 13.3. The van der Waals surface area contributed by atoms with Gasteiger partial charge in [0.15, 0.2) is 0 Å². The molecule has 0 radical (unpaired) electrons. The van der Waals surface area contributed by atoms with Crippen LogP contribution in [0.1, 0.15) is 16.7 Å². The van der Waals surface area contributed by atoms with Crippen molar-refractivity contribution in [2.75, 3.05) is 12.4 Å². The second-order valence-electron chi connectivity index (χ2n) is 5.16. The van der Waals surface area contributed by atoms with E-state index in [4.69, 9.17) is 4.74 Å². The predicted octanol–water partition coefficient (Wildman–Crippen LogP) is 1.96. The molecule has 0 spiro atoms. The molecule has 6 heteroatoms. The molecule has 1 heterocycles. The molecule has 6 nitrogen and oxygen atoms in total. The Morgan fingerprint density at radius 2 is 1.91 bits per heavy atom. The van der Waals surface area contributed by atoms with Crippen LogP contribution in [0.25, 0.3) is 0 Å². The molecule has 0 aliphatic rings. The summed E-state index contributed by atoms with van der Waals surface area (Å²) < 4.78 is 4.93. The number of nitrogens with one attached hydrogen (secondary N) is 2. The number of ether oxygens (including phenoxy) is 1. The van der Waals surface area contributed by atoms with Crippen molar-refractivity contribution < 1.29 is 14.3 Å². The van der Waals surface area contributed by atoms with E-state index in [-0.39, 0.29) is 0 Å². The van der Waals surface area contributed by atoms with Crippen LogP contribution in [0, 0.1) is 13.8 Å². The second kappa shape index (κ2) is 7.40. The van der Waals surface area contributed by atoms with Crippen molar-refractivity contribution in [3.8, 4) is 5.88 Å². The molecule has 0 bridgehead atoms. The highest BCUT2D eigenvalue weighted by Gasteiger charge is 2.14. The molecule has 120 valence electrons. The molecule has 1 aromatic carbocycles. The number of anilines is 1. The summed E-state index contributed by atoms with van der Waals surface area (Å²) in [6, 6.07) is 9.16. The minimum atomic E-state index is -0.735.